The maximum Gasteiger partial charge on any atom is 0.343 e. The molecule has 0 aliphatic heterocycles. The minimum atomic E-state index is -0.519. The van der Waals surface area contributed by atoms with E-state index < -0.39 is 5.97 Å². The zero-order valence-electron chi connectivity index (χ0n) is 12.0. The smallest absolute Gasteiger partial charge is 0.343 e. The van der Waals surface area contributed by atoms with Crippen LogP contribution in [0.2, 0.25) is 5.02 Å². The Bertz CT molecular complexity index is 652. The zero-order valence-corrected chi connectivity index (χ0v) is 12.7. The first-order chi connectivity index (χ1) is 10.6. The Hall–Kier alpha value is -2.34. The van der Waals surface area contributed by atoms with Crippen LogP contribution in [0.4, 0.5) is 0 Å². The molecule has 1 N–H and O–H groups in total. The second kappa shape index (κ2) is 7.61. The molecule has 1 heterocycles. The van der Waals surface area contributed by atoms with E-state index in [1.54, 1.807) is 24.3 Å². The number of hydrogen-bond acceptors (Lipinski definition) is 5. The molecule has 22 heavy (non-hydrogen) atoms. The maximum absolute atomic E-state index is 12.0. The van der Waals surface area contributed by atoms with Crippen LogP contribution in [0.15, 0.2) is 35.1 Å². The SMILES string of the molecule is CC(=O)NCCCOC(=O)c1conc1-c1ccc(Cl)cc1. The van der Waals surface area contributed by atoms with Gasteiger partial charge in [-0.3, -0.25) is 4.79 Å². The number of ether oxygens (including phenoxy) is 1. The molecular weight excluding hydrogens is 308 g/mol. The van der Waals surface area contributed by atoms with Crippen LogP contribution in [0.25, 0.3) is 11.3 Å². The highest BCUT2D eigenvalue weighted by Crippen LogP contribution is 2.24. The van der Waals surface area contributed by atoms with Gasteiger partial charge in [0.25, 0.3) is 0 Å². The summed E-state index contributed by atoms with van der Waals surface area (Å²) in [7, 11) is 0. The molecule has 1 aromatic heterocycles. The Morgan fingerprint density at radius 3 is 2.73 bits per heavy atom. The topological polar surface area (TPSA) is 81.4 Å². The van der Waals surface area contributed by atoms with Crippen LogP contribution in [-0.4, -0.2) is 30.2 Å². The third-order valence-corrected chi connectivity index (χ3v) is 3.09. The van der Waals surface area contributed by atoms with Gasteiger partial charge in [0.1, 0.15) is 17.5 Å². The van der Waals surface area contributed by atoms with E-state index >= 15 is 0 Å². The molecule has 0 radical (unpaired) electrons. The third kappa shape index (κ3) is 4.33. The molecule has 116 valence electrons. The van der Waals surface area contributed by atoms with Gasteiger partial charge >= 0.3 is 5.97 Å². The summed E-state index contributed by atoms with van der Waals surface area (Å²) in [5, 5.41) is 7.04. The van der Waals surface area contributed by atoms with Crippen molar-refractivity contribution in [3.05, 3.63) is 41.1 Å². The summed E-state index contributed by atoms with van der Waals surface area (Å²) >= 11 is 5.83. The normalized spacial score (nSPS) is 10.3. The van der Waals surface area contributed by atoms with Crippen molar-refractivity contribution in [2.24, 2.45) is 0 Å². The van der Waals surface area contributed by atoms with E-state index in [1.165, 1.54) is 13.2 Å². The highest BCUT2D eigenvalue weighted by Gasteiger charge is 2.18. The number of hydrogen-bond donors (Lipinski definition) is 1. The third-order valence-electron chi connectivity index (χ3n) is 2.84. The van der Waals surface area contributed by atoms with E-state index in [0.717, 1.165) is 0 Å². The van der Waals surface area contributed by atoms with Gasteiger partial charge in [-0.2, -0.15) is 0 Å². The summed E-state index contributed by atoms with van der Waals surface area (Å²) in [6, 6.07) is 6.89. The van der Waals surface area contributed by atoms with Gasteiger partial charge in [0.2, 0.25) is 5.91 Å². The summed E-state index contributed by atoms with van der Waals surface area (Å²) < 4.78 is 10.0. The highest BCUT2D eigenvalue weighted by atomic mass is 35.5. The van der Waals surface area contributed by atoms with Gasteiger partial charge in [0.05, 0.1) is 6.61 Å². The molecule has 0 spiro atoms. The number of rotatable bonds is 6. The lowest BCUT2D eigenvalue weighted by atomic mass is 10.1. The Morgan fingerprint density at radius 1 is 1.32 bits per heavy atom. The second-order valence-corrected chi connectivity index (χ2v) is 4.99. The van der Waals surface area contributed by atoms with Crippen LogP contribution in [0.5, 0.6) is 0 Å². The van der Waals surface area contributed by atoms with E-state index in [-0.39, 0.29) is 18.1 Å². The monoisotopic (exact) mass is 322 g/mol. The first-order valence-electron chi connectivity index (χ1n) is 6.70. The summed E-state index contributed by atoms with van der Waals surface area (Å²) in [4.78, 5) is 22.7. The van der Waals surface area contributed by atoms with Crippen molar-refractivity contribution in [2.75, 3.05) is 13.2 Å². The van der Waals surface area contributed by atoms with Crippen molar-refractivity contribution in [3.8, 4) is 11.3 Å². The van der Waals surface area contributed by atoms with Crippen molar-refractivity contribution < 1.29 is 18.8 Å². The van der Waals surface area contributed by atoms with Gasteiger partial charge in [-0.1, -0.05) is 28.9 Å². The minimum absolute atomic E-state index is 0.115. The van der Waals surface area contributed by atoms with Crippen LogP contribution < -0.4 is 5.32 Å². The van der Waals surface area contributed by atoms with E-state index in [0.29, 0.717) is 29.2 Å². The fraction of sp³-hybridized carbons (Fsp3) is 0.267. The number of carbonyl (C=O) groups is 2. The number of halogens is 1. The van der Waals surface area contributed by atoms with E-state index in [2.05, 4.69) is 10.5 Å². The molecule has 0 unspecified atom stereocenters. The molecule has 0 aliphatic rings. The van der Waals surface area contributed by atoms with E-state index in [9.17, 15) is 9.59 Å². The predicted octanol–water partition coefficient (Wildman–Crippen LogP) is 2.68. The molecule has 7 heteroatoms. The number of aromatic nitrogens is 1. The Morgan fingerprint density at radius 2 is 2.05 bits per heavy atom. The largest absolute Gasteiger partial charge is 0.462 e. The van der Waals surface area contributed by atoms with Gasteiger partial charge in [-0.25, -0.2) is 4.79 Å². The summed E-state index contributed by atoms with van der Waals surface area (Å²) in [5.41, 5.74) is 1.37. The van der Waals surface area contributed by atoms with Crippen LogP contribution >= 0.6 is 11.6 Å². The van der Waals surface area contributed by atoms with Crippen LogP contribution in [0, 0.1) is 0 Å². The first-order valence-corrected chi connectivity index (χ1v) is 7.07. The molecule has 0 fully saturated rings. The van der Waals surface area contributed by atoms with Gasteiger partial charge in [-0.15, -0.1) is 0 Å². The fourth-order valence-electron chi connectivity index (χ4n) is 1.78. The number of nitrogens with one attached hydrogen (secondary N) is 1. The zero-order chi connectivity index (χ0) is 15.9. The highest BCUT2D eigenvalue weighted by molar-refractivity contribution is 6.30. The summed E-state index contributed by atoms with van der Waals surface area (Å²) in [6.07, 6.45) is 1.78. The molecule has 2 aromatic rings. The Kier molecular flexibility index (Phi) is 5.55. The molecule has 0 saturated carbocycles. The number of amides is 1. The van der Waals surface area contributed by atoms with Crippen molar-refractivity contribution in [2.45, 2.75) is 13.3 Å². The molecule has 6 nitrogen and oxygen atoms in total. The van der Waals surface area contributed by atoms with Gasteiger partial charge in [0, 0.05) is 24.1 Å². The number of benzene rings is 1. The fourth-order valence-corrected chi connectivity index (χ4v) is 1.90. The number of esters is 1. The molecule has 0 bridgehead atoms. The van der Waals surface area contributed by atoms with Crippen molar-refractivity contribution in [3.63, 3.8) is 0 Å². The lowest BCUT2D eigenvalue weighted by Crippen LogP contribution is -2.22. The van der Waals surface area contributed by atoms with Gasteiger partial charge < -0.3 is 14.6 Å². The predicted molar refractivity (Wildman–Crippen MR) is 80.5 cm³/mol. The molecule has 1 aromatic carbocycles. The standard InChI is InChI=1S/C15H15ClN2O4/c1-10(19)17-7-2-8-21-15(20)13-9-22-18-14(13)11-3-5-12(16)6-4-11/h3-6,9H,2,7-8H2,1H3,(H,17,19). The molecule has 2 rings (SSSR count). The summed E-state index contributed by atoms with van der Waals surface area (Å²) in [5.74, 6) is -0.635. The maximum atomic E-state index is 12.0. The average Bonchev–Trinajstić information content (AvgIpc) is 2.96. The van der Waals surface area contributed by atoms with Crippen molar-refractivity contribution in [1.29, 1.82) is 0 Å². The number of nitrogens with zero attached hydrogens (tertiary/aromatic N) is 1. The van der Waals surface area contributed by atoms with E-state index in [1.807, 2.05) is 0 Å². The Labute approximate surface area is 132 Å². The minimum Gasteiger partial charge on any atom is -0.462 e. The van der Waals surface area contributed by atoms with Gasteiger partial charge in [-0.05, 0) is 18.6 Å². The van der Waals surface area contributed by atoms with Crippen LogP contribution in [0.3, 0.4) is 0 Å². The molecule has 0 aliphatic carbocycles. The molecule has 0 saturated heterocycles. The quantitative estimate of drug-likeness (QED) is 0.653. The van der Waals surface area contributed by atoms with Crippen LogP contribution in [0.1, 0.15) is 23.7 Å². The second-order valence-electron chi connectivity index (χ2n) is 4.56. The number of carbonyl (C=O) groups excluding carboxylic acids is 2. The molecule has 1 amide bonds. The van der Waals surface area contributed by atoms with Gasteiger partial charge in [0.15, 0.2) is 0 Å². The van der Waals surface area contributed by atoms with E-state index in [4.69, 9.17) is 20.9 Å². The summed E-state index contributed by atoms with van der Waals surface area (Å²) in [6.45, 7) is 2.09. The van der Waals surface area contributed by atoms with Crippen molar-refractivity contribution in [1.82, 2.24) is 10.5 Å². The molecular formula is C15H15ClN2O4. The Balaban J connectivity index is 1.95. The molecule has 0 atom stereocenters. The first kappa shape index (κ1) is 16.0. The average molecular weight is 323 g/mol. The lowest BCUT2D eigenvalue weighted by Gasteiger charge is -2.05. The van der Waals surface area contributed by atoms with Crippen molar-refractivity contribution >= 4 is 23.5 Å². The van der Waals surface area contributed by atoms with Crippen LogP contribution in [-0.2, 0) is 9.53 Å². The lowest BCUT2D eigenvalue weighted by molar-refractivity contribution is -0.118.